The molecule has 6 nitrogen and oxygen atoms in total. The molecule has 110 valence electrons. The Morgan fingerprint density at radius 3 is 2.81 bits per heavy atom. The van der Waals surface area contributed by atoms with E-state index in [0.717, 1.165) is 0 Å². The van der Waals surface area contributed by atoms with Gasteiger partial charge in [0.25, 0.3) is 5.91 Å². The number of nitrogens with two attached hydrogens (primary N) is 1. The van der Waals surface area contributed by atoms with Gasteiger partial charge >= 0.3 is 5.97 Å². The van der Waals surface area contributed by atoms with Crippen LogP contribution in [0.2, 0.25) is 5.02 Å². The molecule has 1 aromatic heterocycles. The number of anilines is 1. The number of aromatic nitrogens is 1. The van der Waals surface area contributed by atoms with Crippen molar-refractivity contribution in [3.05, 3.63) is 44.9 Å². The van der Waals surface area contributed by atoms with Crippen LogP contribution in [0.4, 0.5) is 5.69 Å². The van der Waals surface area contributed by atoms with Gasteiger partial charge in [0, 0.05) is 29.1 Å². The van der Waals surface area contributed by atoms with E-state index in [2.05, 4.69) is 10.3 Å². The summed E-state index contributed by atoms with van der Waals surface area (Å²) in [6, 6.07) is 4.76. The van der Waals surface area contributed by atoms with Crippen molar-refractivity contribution in [2.24, 2.45) is 5.73 Å². The molecule has 0 saturated heterocycles. The predicted molar refractivity (Wildman–Crippen MR) is 81.2 cm³/mol. The number of nitrogens with one attached hydrogen (secondary N) is 1. The summed E-state index contributed by atoms with van der Waals surface area (Å²) in [7, 11) is 0. The second-order valence-corrected chi connectivity index (χ2v) is 5.54. The number of thiazole rings is 1. The highest BCUT2D eigenvalue weighted by molar-refractivity contribution is 7.09. The Kier molecular flexibility index (Phi) is 4.77. The van der Waals surface area contributed by atoms with Crippen molar-refractivity contribution in [2.45, 2.75) is 6.42 Å². The minimum absolute atomic E-state index is 0.0376. The molecule has 0 aliphatic rings. The maximum absolute atomic E-state index is 11.3. The summed E-state index contributed by atoms with van der Waals surface area (Å²) >= 11 is 7.16. The fourth-order valence-corrected chi connectivity index (χ4v) is 2.65. The smallest absolute Gasteiger partial charge is 0.355 e. The van der Waals surface area contributed by atoms with E-state index in [1.165, 1.54) is 16.7 Å². The van der Waals surface area contributed by atoms with Crippen molar-refractivity contribution in [1.82, 2.24) is 4.98 Å². The molecule has 0 bridgehead atoms. The van der Waals surface area contributed by atoms with Crippen LogP contribution in [0.1, 0.15) is 25.9 Å². The lowest BCUT2D eigenvalue weighted by atomic mass is 10.1. The number of carboxylic acid groups (broad SMARTS) is 1. The SMILES string of the molecule is NC(=O)c1ccc(Cl)cc1NCCc1nc(C(=O)O)cs1. The Morgan fingerprint density at radius 1 is 1.43 bits per heavy atom. The Morgan fingerprint density at radius 2 is 2.19 bits per heavy atom. The van der Waals surface area contributed by atoms with Crippen LogP contribution >= 0.6 is 22.9 Å². The summed E-state index contributed by atoms with van der Waals surface area (Å²) in [5, 5.41) is 14.5. The summed E-state index contributed by atoms with van der Waals surface area (Å²) in [5.74, 6) is -1.59. The standard InChI is InChI=1S/C13H12ClN3O3S/c14-7-1-2-8(12(15)18)9(5-7)16-4-3-11-17-10(6-21-11)13(19)20/h1-2,5-6,16H,3-4H2,(H2,15,18)(H,19,20). The van der Waals surface area contributed by atoms with E-state index < -0.39 is 11.9 Å². The quantitative estimate of drug-likeness (QED) is 0.755. The van der Waals surface area contributed by atoms with Crippen LogP contribution in [0, 0.1) is 0 Å². The van der Waals surface area contributed by atoms with Gasteiger partial charge in [-0.1, -0.05) is 11.6 Å². The van der Waals surface area contributed by atoms with E-state index in [9.17, 15) is 9.59 Å². The van der Waals surface area contributed by atoms with E-state index in [1.807, 2.05) is 0 Å². The molecule has 0 aliphatic carbocycles. The lowest BCUT2D eigenvalue weighted by Gasteiger charge is -2.09. The van der Waals surface area contributed by atoms with E-state index in [1.54, 1.807) is 18.2 Å². The lowest BCUT2D eigenvalue weighted by molar-refractivity contribution is 0.0691. The summed E-state index contributed by atoms with van der Waals surface area (Å²) in [5.41, 5.74) is 6.22. The molecule has 0 spiro atoms. The molecule has 0 unspecified atom stereocenters. The molecule has 2 rings (SSSR count). The van der Waals surface area contributed by atoms with Crippen molar-refractivity contribution >= 4 is 40.5 Å². The third kappa shape index (κ3) is 3.93. The van der Waals surface area contributed by atoms with Gasteiger partial charge in [-0.2, -0.15) is 0 Å². The zero-order valence-corrected chi connectivity index (χ0v) is 12.4. The average Bonchev–Trinajstić information content (AvgIpc) is 2.87. The first-order chi connectivity index (χ1) is 9.97. The van der Waals surface area contributed by atoms with Gasteiger partial charge in [0.15, 0.2) is 5.69 Å². The van der Waals surface area contributed by atoms with Crippen LogP contribution in [-0.2, 0) is 6.42 Å². The second-order valence-electron chi connectivity index (χ2n) is 4.16. The fourth-order valence-electron chi connectivity index (χ4n) is 1.71. The molecule has 0 saturated carbocycles. The molecule has 8 heteroatoms. The Bertz CT molecular complexity index is 687. The molecule has 0 radical (unpaired) electrons. The van der Waals surface area contributed by atoms with Gasteiger partial charge < -0.3 is 16.2 Å². The van der Waals surface area contributed by atoms with Gasteiger partial charge in [0.05, 0.1) is 10.6 Å². The monoisotopic (exact) mass is 325 g/mol. The number of carbonyl (C=O) groups is 2. The molecule has 1 aromatic carbocycles. The van der Waals surface area contributed by atoms with E-state index in [-0.39, 0.29) is 5.69 Å². The number of primary amides is 1. The number of rotatable bonds is 6. The van der Waals surface area contributed by atoms with Crippen LogP contribution in [-0.4, -0.2) is 28.5 Å². The maximum Gasteiger partial charge on any atom is 0.355 e. The number of carboxylic acids is 1. The fraction of sp³-hybridized carbons (Fsp3) is 0.154. The highest BCUT2D eigenvalue weighted by Gasteiger charge is 2.10. The van der Waals surface area contributed by atoms with Crippen LogP contribution in [0.25, 0.3) is 0 Å². The van der Waals surface area contributed by atoms with Gasteiger partial charge in [-0.15, -0.1) is 11.3 Å². The molecule has 1 amide bonds. The van der Waals surface area contributed by atoms with Crippen molar-refractivity contribution < 1.29 is 14.7 Å². The number of benzene rings is 1. The normalized spacial score (nSPS) is 10.3. The van der Waals surface area contributed by atoms with Crippen molar-refractivity contribution in [1.29, 1.82) is 0 Å². The summed E-state index contributed by atoms with van der Waals surface area (Å²) in [6.45, 7) is 0.479. The summed E-state index contributed by atoms with van der Waals surface area (Å²) in [6.07, 6.45) is 0.530. The van der Waals surface area contributed by atoms with Crippen molar-refractivity contribution in [3.63, 3.8) is 0 Å². The van der Waals surface area contributed by atoms with Crippen LogP contribution in [0.5, 0.6) is 0 Å². The second kappa shape index (κ2) is 6.55. The van der Waals surface area contributed by atoms with Gasteiger partial charge in [-0.3, -0.25) is 4.79 Å². The van der Waals surface area contributed by atoms with Gasteiger partial charge in [-0.25, -0.2) is 9.78 Å². The third-order valence-corrected chi connectivity index (χ3v) is 3.82. The molecule has 0 fully saturated rings. The molecule has 1 heterocycles. The Labute approximate surface area is 129 Å². The van der Waals surface area contributed by atoms with Crippen LogP contribution < -0.4 is 11.1 Å². The number of carbonyl (C=O) groups excluding carboxylic acids is 1. The largest absolute Gasteiger partial charge is 0.476 e. The summed E-state index contributed by atoms with van der Waals surface area (Å²) in [4.78, 5) is 26.0. The zero-order valence-electron chi connectivity index (χ0n) is 10.8. The average molecular weight is 326 g/mol. The Balaban J connectivity index is 2.01. The number of amides is 1. The van der Waals surface area contributed by atoms with Crippen LogP contribution in [0.15, 0.2) is 23.6 Å². The number of hydrogen-bond acceptors (Lipinski definition) is 5. The number of nitrogens with zero attached hydrogens (tertiary/aromatic N) is 1. The first kappa shape index (κ1) is 15.3. The van der Waals surface area contributed by atoms with Crippen molar-refractivity contribution in [2.75, 3.05) is 11.9 Å². The highest BCUT2D eigenvalue weighted by Crippen LogP contribution is 2.21. The minimum Gasteiger partial charge on any atom is -0.476 e. The van der Waals surface area contributed by atoms with Crippen LogP contribution in [0.3, 0.4) is 0 Å². The molecule has 4 N–H and O–H groups in total. The topological polar surface area (TPSA) is 105 Å². The molecule has 0 aliphatic heterocycles. The number of aromatic carboxylic acids is 1. The van der Waals surface area contributed by atoms with Gasteiger partial charge in [0.2, 0.25) is 0 Å². The van der Waals surface area contributed by atoms with E-state index in [4.69, 9.17) is 22.4 Å². The molecule has 0 atom stereocenters. The molecular weight excluding hydrogens is 314 g/mol. The van der Waals surface area contributed by atoms with Gasteiger partial charge in [0.1, 0.15) is 0 Å². The third-order valence-electron chi connectivity index (χ3n) is 2.67. The number of halogens is 1. The molecule has 2 aromatic rings. The van der Waals surface area contributed by atoms with Crippen molar-refractivity contribution in [3.8, 4) is 0 Å². The predicted octanol–water partition coefficient (Wildman–Crippen LogP) is 2.25. The maximum atomic E-state index is 11.3. The first-order valence-corrected chi connectivity index (χ1v) is 7.24. The minimum atomic E-state index is -1.05. The lowest BCUT2D eigenvalue weighted by Crippen LogP contribution is -2.15. The first-order valence-electron chi connectivity index (χ1n) is 5.98. The van der Waals surface area contributed by atoms with Gasteiger partial charge in [-0.05, 0) is 18.2 Å². The highest BCUT2D eigenvalue weighted by atomic mass is 35.5. The van der Waals surface area contributed by atoms with E-state index >= 15 is 0 Å². The zero-order chi connectivity index (χ0) is 15.4. The van der Waals surface area contributed by atoms with E-state index in [0.29, 0.717) is 34.2 Å². The molecular formula is C13H12ClN3O3S. The number of hydrogen-bond donors (Lipinski definition) is 3. The summed E-state index contributed by atoms with van der Waals surface area (Å²) < 4.78 is 0. The molecule has 21 heavy (non-hydrogen) atoms. The Hall–Kier alpha value is -2.12.